The number of likely N-dealkylation sites (tertiary alicyclic amines) is 1. The maximum atomic E-state index is 5.21. The number of piperidine rings is 1. The summed E-state index contributed by atoms with van der Waals surface area (Å²) < 4.78 is 5.21. The van der Waals surface area contributed by atoms with E-state index in [1.807, 2.05) is 14.0 Å². The third kappa shape index (κ3) is 4.12. The summed E-state index contributed by atoms with van der Waals surface area (Å²) >= 11 is 0. The Balaban J connectivity index is 0.00000210. The largest absolute Gasteiger partial charge is 0.347 e. The first kappa shape index (κ1) is 20.1. The number of halogens is 1. The van der Waals surface area contributed by atoms with Gasteiger partial charge in [0.25, 0.3) is 0 Å². The van der Waals surface area contributed by atoms with E-state index in [1.165, 1.54) is 37.7 Å². The molecule has 0 radical (unpaired) electrons. The van der Waals surface area contributed by atoms with Crippen LogP contribution in [0.1, 0.15) is 48.5 Å². The van der Waals surface area contributed by atoms with Crippen LogP contribution in [0, 0.1) is 6.92 Å². The van der Waals surface area contributed by atoms with Crippen molar-refractivity contribution >= 4 is 29.9 Å². The summed E-state index contributed by atoms with van der Waals surface area (Å²) in [5.74, 6) is 2.17. The van der Waals surface area contributed by atoms with Crippen molar-refractivity contribution in [3.8, 4) is 0 Å². The summed E-state index contributed by atoms with van der Waals surface area (Å²) in [6, 6.07) is 9.01. The van der Waals surface area contributed by atoms with Crippen molar-refractivity contribution in [2.45, 2.75) is 51.0 Å². The molecule has 1 atom stereocenters. The summed E-state index contributed by atoms with van der Waals surface area (Å²) in [5.41, 5.74) is 3.34. The van der Waals surface area contributed by atoms with E-state index in [-0.39, 0.29) is 29.4 Å². The van der Waals surface area contributed by atoms with Crippen LogP contribution in [0.3, 0.4) is 0 Å². The lowest BCUT2D eigenvalue weighted by Crippen LogP contribution is -2.53. The van der Waals surface area contributed by atoms with E-state index in [4.69, 9.17) is 4.52 Å². The molecule has 0 bridgehead atoms. The highest BCUT2D eigenvalue weighted by atomic mass is 127. The third-order valence-corrected chi connectivity index (χ3v) is 5.75. The molecule has 2 heterocycles. The number of nitrogens with zero attached hydrogens (tertiary/aromatic N) is 4. The van der Waals surface area contributed by atoms with Gasteiger partial charge in [0, 0.05) is 25.6 Å². The minimum absolute atomic E-state index is 0. The van der Waals surface area contributed by atoms with Gasteiger partial charge in [-0.3, -0.25) is 4.99 Å². The number of aromatic nitrogens is 2. The van der Waals surface area contributed by atoms with Crippen LogP contribution in [0.15, 0.2) is 33.8 Å². The van der Waals surface area contributed by atoms with Crippen molar-refractivity contribution in [2.75, 3.05) is 20.1 Å². The van der Waals surface area contributed by atoms with Gasteiger partial charge in [0.2, 0.25) is 5.89 Å². The molecule has 1 unspecified atom stereocenters. The van der Waals surface area contributed by atoms with Crippen LogP contribution in [0.25, 0.3) is 0 Å². The average Bonchev–Trinajstić information content (AvgIpc) is 3.08. The maximum absolute atomic E-state index is 5.21. The van der Waals surface area contributed by atoms with E-state index in [0.29, 0.717) is 18.3 Å². The van der Waals surface area contributed by atoms with Crippen molar-refractivity contribution in [1.29, 1.82) is 0 Å². The van der Waals surface area contributed by atoms with E-state index in [9.17, 15) is 0 Å². The Morgan fingerprint density at radius 1 is 1.30 bits per heavy atom. The predicted molar refractivity (Wildman–Crippen MR) is 117 cm³/mol. The van der Waals surface area contributed by atoms with Crippen LogP contribution >= 0.6 is 24.0 Å². The minimum atomic E-state index is 0. The van der Waals surface area contributed by atoms with Crippen molar-refractivity contribution in [2.24, 2.45) is 4.99 Å². The fourth-order valence-electron chi connectivity index (χ4n) is 4.64. The Kier molecular flexibility index (Phi) is 6.39. The lowest BCUT2D eigenvalue weighted by molar-refractivity contribution is 0.188. The standard InChI is InChI=1S/C20H27N5O.HI/c1-15-23-18(26-24-15)13-22-19(21-2)25-12-6-11-20(14-25)10-5-8-16-7-3-4-9-17(16)20;/h3-4,7,9H,5-6,8,10-14H2,1-2H3,(H,21,22);1H. The fourth-order valence-corrected chi connectivity index (χ4v) is 4.64. The topological polar surface area (TPSA) is 66.5 Å². The number of guanidine groups is 1. The Morgan fingerprint density at radius 3 is 2.89 bits per heavy atom. The number of aryl methyl sites for hydroxylation is 2. The smallest absolute Gasteiger partial charge is 0.246 e. The first-order valence-electron chi connectivity index (χ1n) is 9.53. The number of benzene rings is 1. The lowest BCUT2D eigenvalue weighted by atomic mass is 9.66. The van der Waals surface area contributed by atoms with Crippen LogP contribution in [0.5, 0.6) is 0 Å². The van der Waals surface area contributed by atoms with Crippen molar-refractivity contribution in [3.63, 3.8) is 0 Å². The molecule has 6 nitrogen and oxygen atoms in total. The number of hydrogen-bond acceptors (Lipinski definition) is 4. The van der Waals surface area contributed by atoms with E-state index in [1.54, 1.807) is 5.56 Å². The Labute approximate surface area is 177 Å². The SMILES string of the molecule is CN=C(NCc1nc(C)no1)N1CCCC2(CCCc3ccccc32)C1.I. The maximum Gasteiger partial charge on any atom is 0.246 e. The summed E-state index contributed by atoms with van der Waals surface area (Å²) in [6.45, 7) is 4.39. The molecule has 1 saturated heterocycles. The molecule has 1 aromatic heterocycles. The molecule has 1 aliphatic carbocycles. The van der Waals surface area contributed by atoms with Gasteiger partial charge >= 0.3 is 0 Å². The second-order valence-corrected chi connectivity index (χ2v) is 7.45. The van der Waals surface area contributed by atoms with Crippen LogP contribution in [-0.4, -0.2) is 41.1 Å². The fraction of sp³-hybridized carbons (Fsp3) is 0.550. The summed E-state index contributed by atoms with van der Waals surface area (Å²) in [4.78, 5) is 11.2. The summed E-state index contributed by atoms with van der Waals surface area (Å²) in [5, 5.41) is 7.24. The van der Waals surface area contributed by atoms with E-state index in [0.717, 1.165) is 19.0 Å². The molecule has 0 saturated carbocycles. The quantitative estimate of drug-likeness (QED) is 0.405. The number of fused-ring (bicyclic) bond motifs is 2. The number of nitrogens with one attached hydrogen (secondary N) is 1. The van der Waals surface area contributed by atoms with E-state index >= 15 is 0 Å². The Bertz CT molecular complexity index is 805. The van der Waals surface area contributed by atoms with Gasteiger partial charge in [0.05, 0.1) is 6.54 Å². The number of aliphatic imine (C=N–C) groups is 1. The third-order valence-electron chi connectivity index (χ3n) is 5.75. The molecule has 7 heteroatoms. The van der Waals surface area contributed by atoms with Crippen molar-refractivity contribution < 1.29 is 4.52 Å². The minimum Gasteiger partial charge on any atom is -0.347 e. The molecule has 27 heavy (non-hydrogen) atoms. The van der Waals surface area contributed by atoms with Crippen LogP contribution in [0.2, 0.25) is 0 Å². The molecule has 2 aromatic rings. The van der Waals surface area contributed by atoms with Gasteiger partial charge in [-0.25, -0.2) is 0 Å². The predicted octanol–water partition coefficient (Wildman–Crippen LogP) is 3.44. The van der Waals surface area contributed by atoms with Gasteiger partial charge in [-0.15, -0.1) is 24.0 Å². The van der Waals surface area contributed by atoms with Crippen molar-refractivity contribution in [1.82, 2.24) is 20.4 Å². The highest BCUT2D eigenvalue weighted by Crippen LogP contribution is 2.43. The van der Waals surface area contributed by atoms with Gasteiger partial charge in [-0.2, -0.15) is 4.98 Å². The molecular formula is C20H28IN5O. The normalized spacial score (nSPS) is 22.3. The Morgan fingerprint density at radius 2 is 2.11 bits per heavy atom. The lowest BCUT2D eigenvalue weighted by Gasteiger charge is -2.47. The molecule has 1 aromatic carbocycles. The van der Waals surface area contributed by atoms with Crippen LogP contribution in [-0.2, 0) is 18.4 Å². The van der Waals surface area contributed by atoms with Gasteiger partial charge < -0.3 is 14.7 Å². The molecule has 1 fully saturated rings. The first-order chi connectivity index (χ1) is 12.7. The molecule has 2 aliphatic rings. The zero-order chi connectivity index (χ0) is 18.0. The van der Waals surface area contributed by atoms with E-state index in [2.05, 4.69) is 49.6 Å². The number of rotatable bonds is 2. The second kappa shape index (κ2) is 8.58. The average molecular weight is 481 g/mol. The van der Waals surface area contributed by atoms with Crippen molar-refractivity contribution in [3.05, 3.63) is 47.1 Å². The van der Waals surface area contributed by atoms with Gasteiger partial charge in [-0.1, -0.05) is 29.4 Å². The number of hydrogen-bond donors (Lipinski definition) is 1. The monoisotopic (exact) mass is 481 g/mol. The second-order valence-electron chi connectivity index (χ2n) is 7.45. The highest BCUT2D eigenvalue weighted by Gasteiger charge is 2.40. The van der Waals surface area contributed by atoms with E-state index < -0.39 is 0 Å². The molecule has 1 aliphatic heterocycles. The molecule has 1 N–H and O–H groups in total. The highest BCUT2D eigenvalue weighted by molar-refractivity contribution is 14.0. The molecular weight excluding hydrogens is 453 g/mol. The molecule has 0 amide bonds. The molecule has 4 rings (SSSR count). The van der Waals surface area contributed by atoms with Crippen LogP contribution in [0.4, 0.5) is 0 Å². The molecule has 1 spiro atoms. The van der Waals surface area contributed by atoms with Gasteiger partial charge in [-0.05, 0) is 50.2 Å². The summed E-state index contributed by atoms with van der Waals surface area (Å²) in [6.07, 6.45) is 6.20. The zero-order valence-electron chi connectivity index (χ0n) is 16.1. The first-order valence-corrected chi connectivity index (χ1v) is 9.53. The van der Waals surface area contributed by atoms with Crippen LogP contribution < -0.4 is 5.32 Å². The Hall–Kier alpha value is -1.64. The molecule has 146 valence electrons. The zero-order valence-corrected chi connectivity index (χ0v) is 18.4. The summed E-state index contributed by atoms with van der Waals surface area (Å²) in [7, 11) is 1.84. The van der Waals surface area contributed by atoms with Gasteiger partial charge in [0.15, 0.2) is 11.8 Å². The van der Waals surface area contributed by atoms with Gasteiger partial charge in [0.1, 0.15) is 0 Å².